The average molecular weight is 329 g/mol. The number of urea groups is 1. The van der Waals surface area contributed by atoms with E-state index < -0.39 is 0 Å². The molecule has 0 radical (unpaired) electrons. The van der Waals surface area contributed by atoms with E-state index in [9.17, 15) is 4.79 Å². The van der Waals surface area contributed by atoms with Crippen molar-refractivity contribution in [3.05, 3.63) is 29.8 Å². The van der Waals surface area contributed by atoms with Crippen LogP contribution in [-0.4, -0.2) is 48.6 Å². The highest BCUT2D eigenvalue weighted by molar-refractivity contribution is 5.90. The van der Waals surface area contributed by atoms with Crippen molar-refractivity contribution in [3.8, 4) is 0 Å². The second-order valence-corrected chi connectivity index (χ2v) is 7.39. The molecule has 1 N–H and O–H groups in total. The van der Waals surface area contributed by atoms with E-state index in [1.807, 2.05) is 36.1 Å². The zero-order valence-corrected chi connectivity index (χ0v) is 15.0. The van der Waals surface area contributed by atoms with Crippen LogP contribution in [0.1, 0.15) is 44.1 Å². The third-order valence-electron chi connectivity index (χ3n) is 5.50. The van der Waals surface area contributed by atoms with Crippen LogP contribution in [0.15, 0.2) is 24.3 Å². The summed E-state index contributed by atoms with van der Waals surface area (Å²) >= 11 is 0. The topological polar surface area (TPSA) is 35.6 Å². The minimum absolute atomic E-state index is 0.0452. The van der Waals surface area contributed by atoms with E-state index >= 15 is 0 Å². The van der Waals surface area contributed by atoms with E-state index in [2.05, 4.69) is 10.2 Å². The molecule has 4 nitrogen and oxygen atoms in total. The Morgan fingerprint density at radius 1 is 1.04 bits per heavy atom. The highest BCUT2D eigenvalue weighted by atomic mass is 16.2. The van der Waals surface area contributed by atoms with Gasteiger partial charge in [0.15, 0.2) is 0 Å². The van der Waals surface area contributed by atoms with Gasteiger partial charge in [-0.25, -0.2) is 4.79 Å². The van der Waals surface area contributed by atoms with Gasteiger partial charge in [-0.15, -0.1) is 0 Å². The fourth-order valence-corrected chi connectivity index (χ4v) is 4.00. The largest absolute Gasteiger partial charge is 0.323 e. The van der Waals surface area contributed by atoms with Crippen LogP contribution in [0.5, 0.6) is 0 Å². The molecule has 2 amide bonds. The minimum Gasteiger partial charge on any atom is -0.323 e. The van der Waals surface area contributed by atoms with Crippen molar-refractivity contribution in [2.45, 2.75) is 45.4 Å². The van der Waals surface area contributed by atoms with Gasteiger partial charge in [0.25, 0.3) is 0 Å². The molecular weight excluding hydrogens is 298 g/mol. The molecule has 3 rings (SSSR count). The maximum absolute atomic E-state index is 12.6. The van der Waals surface area contributed by atoms with Gasteiger partial charge in [0.1, 0.15) is 0 Å². The lowest BCUT2D eigenvalue weighted by atomic mass is 9.89. The molecule has 1 aliphatic heterocycles. The fraction of sp³-hybridized carbons (Fsp3) is 0.650. The first kappa shape index (κ1) is 17.3. The van der Waals surface area contributed by atoms with Gasteiger partial charge >= 0.3 is 6.03 Å². The molecule has 1 saturated heterocycles. The Labute approximate surface area is 146 Å². The molecule has 24 heavy (non-hydrogen) atoms. The van der Waals surface area contributed by atoms with Crippen molar-refractivity contribution >= 4 is 11.7 Å². The van der Waals surface area contributed by atoms with E-state index in [4.69, 9.17) is 0 Å². The van der Waals surface area contributed by atoms with E-state index in [0.717, 1.165) is 49.8 Å². The van der Waals surface area contributed by atoms with Crippen LogP contribution in [0.3, 0.4) is 0 Å². The molecule has 1 aromatic carbocycles. The standard InChI is InChI=1S/C20H31N3O/c1-17-8-5-6-11-19(17)21-20(24)23-13-7-12-22(14-15-23)16-18-9-3-2-4-10-18/h5-6,8,11,18H,2-4,7,9-10,12-16H2,1H3,(H,21,24). The number of hydrogen-bond acceptors (Lipinski definition) is 2. The Morgan fingerprint density at radius 2 is 1.83 bits per heavy atom. The molecule has 0 atom stereocenters. The molecule has 1 aromatic rings. The molecule has 0 bridgehead atoms. The number of carbonyl (C=O) groups is 1. The van der Waals surface area contributed by atoms with Gasteiger partial charge in [-0.05, 0) is 50.3 Å². The van der Waals surface area contributed by atoms with Crippen LogP contribution >= 0.6 is 0 Å². The number of benzene rings is 1. The van der Waals surface area contributed by atoms with E-state index in [1.165, 1.54) is 38.6 Å². The lowest BCUT2D eigenvalue weighted by Crippen LogP contribution is -2.39. The molecule has 1 saturated carbocycles. The number of carbonyl (C=O) groups excluding carboxylic acids is 1. The van der Waals surface area contributed by atoms with Gasteiger partial charge in [-0.2, -0.15) is 0 Å². The minimum atomic E-state index is 0.0452. The van der Waals surface area contributed by atoms with Crippen molar-refractivity contribution in [2.24, 2.45) is 5.92 Å². The molecule has 1 heterocycles. The monoisotopic (exact) mass is 329 g/mol. The van der Waals surface area contributed by atoms with E-state index in [-0.39, 0.29) is 6.03 Å². The molecule has 2 fully saturated rings. The summed E-state index contributed by atoms with van der Waals surface area (Å²) in [6, 6.07) is 8.02. The summed E-state index contributed by atoms with van der Waals surface area (Å²) in [5.41, 5.74) is 2.03. The summed E-state index contributed by atoms with van der Waals surface area (Å²) in [5, 5.41) is 3.07. The van der Waals surface area contributed by atoms with Crippen LogP contribution in [-0.2, 0) is 0 Å². The fourth-order valence-electron chi connectivity index (χ4n) is 4.00. The highest BCUT2D eigenvalue weighted by Crippen LogP contribution is 2.24. The van der Waals surface area contributed by atoms with Gasteiger partial charge in [-0.1, -0.05) is 37.5 Å². The quantitative estimate of drug-likeness (QED) is 0.905. The first-order chi connectivity index (χ1) is 11.7. The number of amides is 2. The van der Waals surface area contributed by atoms with Crippen LogP contribution in [0, 0.1) is 12.8 Å². The SMILES string of the molecule is Cc1ccccc1NC(=O)N1CCCN(CC2CCCCC2)CC1. The average Bonchev–Trinajstić information content (AvgIpc) is 2.83. The third kappa shape index (κ3) is 4.73. The summed E-state index contributed by atoms with van der Waals surface area (Å²) in [5.74, 6) is 0.881. The van der Waals surface area contributed by atoms with Crippen LogP contribution < -0.4 is 5.32 Å². The predicted molar refractivity (Wildman–Crippen MR) is 99.4 cm³/mol. The molecule has 0 unspecified atom stereocenters. The zero-order chi connectivity index (χ0) is 16.8. The second-order valence-electron chi connectivity index (χ2n) is 7.39. The first-order valence-electron chi connectivity index (χ1n) is 9.56. The smallest absolute Gasteiger partial charge is 0.321 e. The number of nitrogens with one attached hydrogen (secondary N) is 1. The third-order valence-corrected chi connectivity index (χ3v) is 5.50. The van der Waals surface area contributed by atoms with Crippen molar-refractivity contribution < 1.29 is 4.79 Å². The van der Waals surface area contributed by atoms with E-state index in [1.54, 1.807) is 0 Å². The van der Waals surface area contributed by atoms with Crippen LogP contribution in [0.4, 0.5) is 10.5 Å². The first-order valence-corrected chi connectivity index (χ1v) is 9.56. The lowest BCUT2D eigenvalue weighted by Gasteiger charge is -2.28. The van der Waals surface area contributed by atoms with Crippen molar-refractivity contribution in [1.29, 1.82) is 0 Å². The molecular formula is C20H31N3O. The van der Waals surface area contributed by atoms with Crippen molar-refractivity contribution in [1.82, 2.24) is 9.80 Å². The predicted octanol–water partition coefficient (Wildman–Crippen LogP) is 4.11. The number of aryl methyl sites for hydroxylation is 1. The summed E-state index contributed by atoms with van der Waals surface area (Å²) in [6.45, 7) is 7.10. The van der Waals surface area contributed by atoms with Crippen molar-refractivity contribution in [3.63, 3.8) is 0 Å². The Hall–Kier alpha value is -1.55. The maximum Gasteiger partial charge on any atom is 0.321 e. The summed E-state index contributed by atoms with van der Waals surface area (Å²) in [4.78, 5) is 17.1. The number of para-hydroxylation sites is 1. The Bertz CT molecular complexity index is 539. The van der Waals surface area contributed by atoms with Crippen LogP contribution in [0.25, 0.3) is 0 Å². The Balaban J connectivity index is 1.49. The van der Waals surface area contributed by atoms with E-state index in [0.29, 0.717) is 0 Å². The molecule has 0 aromatic heterocycles. The molecule has 2 aliphatic rings. The maximum atomic E-state index is 12.6. The summed E-state index contributed by atoms with van der Waals surface area (Å²) < 4.78 is 0. The molecule has 132 valence electrons. The molecule has 1 aliphatic carbocycles. The van der Waals surface area contributed by atoms with Gasteiger partial charge in [0.2, 0.25) is 0 Å². The Morgan fingerprint density at radius 3 is 2.62 bits per heavy atom. The second kappa shape index (κ2) is 8.52. The summed E-state index contributed by atoms with van der Waals surface area (Å²) in [7, 11) is 0. The van der Waals surface area contributed by atoms with Gasteiger partial charge in [0.05, 0.1) is 0 Å². The normalized spacial score (nSPS) is 20.6. The van der Waals surface area contributed by atoms with Gasteiger partial charge in [0, 0.05) is 31.9 Å². The number of rotatable bonds is 3. The lowest BCUT2D eigenvalue weighted by molar-refractivity contribution is 0.197. The number of anilines is 1. The van der Waals surface area contributed by atoms with Gasteiger partial charge < -0.3 is 15.1 Å². The molecule has 0 spiro atoms. The molecule has 4 heteroatoms. The van der Waals surface area contributed by atoms with Crippen LogP contribution in [0.2, 0.25) is 0 Å². The summed E-state index contributed by atoms with van der Waals surface area (Å²) in [6.07, 6.45) is 8.10. The zero-order valence-electron chi connectivity index (χ0n) is 15.0. The number of hydrogen-bond donors (Lipinski definition) is 1. The van der Waals surface area contributed by atoms with Crippen molar-refractivity contribution in [2.75, 3.05) is 38.0 Å². The van der Waals surface area contributed by atoms with Gasteiger partial charge in [-0.3, -0.25) is 0 Å². The number of nitrogens with zero attached hydrogens (tertiary/aromatic N) is 2. The highest BCUT2D eigenvalue weighted by Gasteiger charge is 2.22. The Kier molecular flexibility index (Phi) is 6.13.